The van der Waals surface area contributed by atoms with Gasteiger partial charge in [0.05, 0.1) is 17.5 Å². The molecule has 0 aromatic heterocycles. The fraction of sp³-hybridized carbons (Fsp3) is 0.167. The van der Waals surface area contributed by atoms with Gasteiger partial charge in [-0.1, -0.05) is 36.4 Å². The Hall–Kier alpha value is -3.16. The van der Waals surface area contributed by atoms with Crippen molar-refractivity contribution in [2.24, 2.45) is 0 Å². The molecule has 5 nitrogen and oxygen atoms in total. The summed E-state index contributed by atoms with van der Waals surface area (Å²) in [5.41, 5.74) is -0.656. The highest BCUT2D eigenvalue weighted by molar-refractivity contribution is 5.98. The first kappa shape index (κ1) is 19.2. The van der Waals surface area contributed by atoms with Crippen LogP contribution >= 0.6 is 0 Å². The van der Waals surface area contributed by atoms with Crippen molar-refractivity contribution >= 4 is 17.8 Å². The third-order valence-corrected chi connectivity index (χ3v) is 3.25. The molecule has 0 saturated heterocycles. The van der Waals surface area contributed by atoms with E-state index in [2.05, 4.69) is 4.74 Å². The summed E-state index contributed by atoms with van der Waals surface area (Å²) in [6.07, 6.45) is -4.63. The van der Waals surface area contributed by atoms with E-state index in [1.165, 1.54) is 0 Å². The van der Waals surface area contributed by atoms with E-state index >= 15 is 0 Å². The summed E-state index contributed by atoms with van der Waals surface area (Å²) in [5, 5.41) is 2.04. The molecule has 0 unspecified atom stereocenters. The van der Waals surface area contributed by atoms with Crippen LogP contribution in [0.15, 0.2) is 54.6 Å². The number of benzene rings is 2. The molecule has 0 heterocycles. The molecule has 0 atom stereocenters. The van der Waals surface area contributed by atoms with Gasteiger partial charge >= 0.3 is 12.1 Å². The molecule has 2 aromatic carbocycles. The van der Waals surface area contributed by atoms with Crippen LogP contribution in [0.3, 0.4) is 0 Å². The molecule has 0 aliphatic heterocycles. The Morgan fingerprint density at radius 1 is 0.923 bits per heavy atom. The van der Waals surface area contributed by atoms with Crippen molar-refractivity contribution in [2.45, 2.75) is 12.6 Å². The minimum atomic E-state index is -4.60. The number of halogens is 3. The van der Waals surface area contributed by atoms with Crippen molar-refractivity contribution in [3.8, 4) is 0 Å². The molecule has 0 aliphatic rings. The van der Waals surface area contributed by atoms with Gasteiger partial charge in [-0.3, -0.25) is 14.9 Å². The lowest BCUT2D eigenvalue weighted by Crippen LogP contribution is -2.35. The van der Waals surface area contributed by atoms with Crippen LogP contribution in [0.4, 0.5) is 13.2 Å². The number of esters is 1. The molecule has 26 heavy (non-hydrogen) atoms. The number of carbonyl (C=O) groups is 3. The average Bonchev–Trinajstić information content (AvgIpc) is 2.59. The average molecular weight is 365 g/mol. The van der Waals surface area contributed by atoms with E-state index in [0.717, 1.165) is 18.2 Å². The van der Waals surface area contributed by atoms with E-state index in [-0.39, 0.29) is 12.0 Å². The Morgan fingerprint density at radius 2 is 1.62 bits per heavy atom. The first-order chi connectivity index (χ1) is 12.3. The lowest BCUT2D eigenvalue weighted by Gasteiger charge is -2.09. The summed E-state index contributed by atoms with van der Waals surface area (Å²) in [7, 11) is 0. The highest BCUT2D eigenvalue weighted by atomic mass is 19.4. The summed E-state index contributed by atoms with van der Waals surface area (Å²) >= 11 is 0. The Labute approximate surface area is 146 Å². The highest BCUT2D eigenvalue weighted by Crippen LogP contribution is 2.29. The second-order valence-corrected chi connectivity index (χ2v) is 5.29. The van der Waals surface area contributed by atoms with E-state index in [4.69, 9.17) is 0 Å². The van der Waals surface area contributed by atoms with Gasteiger partial charge in [0.15, 0.2) is 6.61 Å². The van der Waals surface area contributed by atoms with Crippen LogP contribution < -0.4 is 5.32 Å². The van der Waals surface area contributed by atoms with Crippen molar-refractivity contribution in [3.05, 3.63) is 71.3 Å². The number of hydrogen-bond acceptors (Lipinski definition) is 4. The summed E-state index contributed by atoms with van der Waals surface area (Å²) in [4.78, 5) is 35.1. The molecule has 1 N–H and O–H groups in total. The van der Waals surface area contributed by atoms with Gasteiger partial charge < -0.3 is 4.74 Å². The van der Waals surface area contributed by atoms with Crippen molar-refractivity contribution in [1.29, 1.82) is 0 Å². The second kappa shape index (κ2) is 8.28. The lowest BCUT2D eigenvalue weighted by molar-refractivity contribution is -0.137. The van der Waals surface area contributed by atoms with Crippen LogP contribution in [0.2, 0.25) is 0 Å². The van der Waals surface area contributed by atoms with E-state index in [9.17, 15) is 27.6 Å². The Kier molecular flexibility index (Phi) is 6.11. The van der Waals surface area contributed by atoms with Gasteiger partial charge in [-0.25, -0.2) is 4.79 Å². The molecular weight excluding hydrogens is 351 g/mol. The maximum atomic E-state index is 12.6. The zero-order chi connectivity index (χ0) is 19.2. The number of rotatable bonds is 5. The zero-order valence-electron chi connectivity index (χ0n) is 13.4. The molecule has 0 saturated carbocycles. The third kappa shape index (κ3) is 5.73. The maximum absolute atomic E-state index is 12.6. The minimum absolute atomic E-state index is 0.0336. The van der Waals surface area contributed by atoms with Gasteiger partial charge in [-0.05, 0) is 23.8 Å². The Bertz CT molecular complexity index is 804. The standard InChI is InChI=1S/C18H14F3NO4/c19-18(20,21)14-8-4-7-13(10-14)17(25)26-11-16(24)22-15(23)9-12-5-2-1-3-6-12/h1-8,10H,9,11H2,(H,22,23,24). The van der Waals surface area contributed by atoms with Crippen molar-refractivity contribution in [3.63, 3.8) is 0 Å². The van der Waals surface area contributed by atoms with Crippen molar-refractivity contribution in [2.75, 3.05) is 6.61 Å². The zero-order valence-corrected chi connectivity index (χ0v) is 13.4. The quantitative estimate of drug-likeness (QED) is 0.827. The van der Waals surface area contributed by atoms with Crippen LogP contribution in [-0.2, 0) is 26.9 Å². The molecular formula is C18H14F3NO4. The largest absolute Gasteiger partial charge is 0.452 e. The molecule has 0 fully saturated rings. The van der Waals surface area contributed by atoms with E-state index < -0.39 is 36.1 Å². The summed E-state index contributed by atoms with van der Waals surface area (Å²) in [6.45, 7) is -0.782. The molecule has 0 aliphatic carbocycles. The Morgan fingerprint density at radius 3 is 2.27 bits per heavy atom. The van der Waals surface area contributed by atoms with Gasteiger partial charge in [0.1, 0.15) is 0 Å². The summed E-state index contributed by atoms with van der Waals surface area (Å²) in [6, 6.07) is 12.3. The monoisotopic (exact) mass is 365 g/mol. The number of amides is 2. The van der Waals surface area contributed by atoms with E-state index in [0.29, 0.717) is 11.6 Å². The number of alkyl halides is 3. The second-order valence-electron chi connectivity index (χ2n) is 5.29. The number of imide groups is 1. The molecule has 2 aromatic rings. The first-order valence-electron chi connectivity index (χ1n) is 7.46. The van der Waals surface area contributed by atoms with Crippen LogP contribution in [0, 0.1) is 0 Å². The van der Waals surface area contributed by atoms with Gasteiger partial charge in [0.2, 0.25) is 5.91 Å². The number of carbonyl (C=O) groups excluding carboxylic acids is 3. The van der Waals surface area contributed by atoms with Gasteiger partial charge in [-0.2, -0.15) is 13.2 Å². The lowest BCUT2D eigenvalue weighted by atomic mass is 10.1. The molecule has 0 radical (unpaired) electrons. The van der Waals surface area contributed by atoms with E-state index in [1.807, 2.05) is 5.32 Å². The molecule has 8 heteroatoms. The third-order valence-electron chi connectivity index (χ3n) is 3.25. The SMILES string of the molecule is O=C(COC(=O)c1cccc(C(F)(F)F)c1)NC(=O)Cc1ccccc1. The summed E-state index contributed by atoms with van der Waals surface area (Å²) < 4.78 is 42.5. The van der Waals surface area contributed by atoms with Gasteiger partial charge in [-0.15, -0.1) is 0 Å². The number of hydrogen-bond donors (Lipinski definition) is 1. The Balaban J connectivity index is 1.85. The van der Waals surface area contributed by atoms with Gasteiger partial charge in [0.25, 0.3) is 5.91 Å². The normalized spacial score (nSPS) is 10.9. The fourth-order valence-corrected chi connectivity index (χ4v) is 2.05. The smallest absolute Gasteiger partial charge is 0.416 e. The van der Waals surface area contributed by atoms with Crippen LogP contribution in [-0.4, -0.2) is 24.4 Å². The topological polar surface area (TPSA) is 72.5 Å². The molecule has 2 rings (SSSR count). The summed E-state index contributed by atoms with van der Waals surface area (Å²) in [5.74, 6) is -2.55. The number of nitrogens with one attached hydrogen (secondary N) is 1. The molecule has 2 amide bonds. The van der Waals surface area contributed by atoms with E-state index in [1.54, 1.807) is 30.3 Å². The predicted octanol–water partition coefficient (Wildman–Crippen LogP) is 2.75. The minimum Gasteiger partial charge on any atom is -0.452 e. The maximum Gasteiger partial charge on any atom is 0.416 e. The number of ether oxygens (including phenoxy) is 1. The van der Waals surface area contributed by atoms with Crippen LogP contribution in [0.1, 0.15) is 21.5 Å². The predicted molar refractivity (Wildman–Crippen MR) is 85.0 cm³/mol. The molecule has 0 spiro atoms. The highest BCUT2D eigenvalue weighted by Gasteiger charge is 2.31. The van der Waals surface area contributed by atoms with Crippen LogP contribution in [0.5, 0.6) is 0 Å². The van der Waals surface area contributed by atoms with Crippen LogP contribution in [0.25, 0.3) is 0 Å². The molecule has 0 bridgehead atoms. The first-order valence-corrected chi connectivity index (χ1v) is 7.46. The fourth-order valence-electron chi connectivity index (χ4n) is 2.05. The van der Waals surface area contributed by atoms with Crippen molar-refractivity contribution in [1.82, 2.24) is 5.32 Å². The molecule has 136 valence electrons. The van der Waals surface area contributed by atoms with Crippen molar-refractivity contribution < 1.29 is 32.3 Å². The van der Waals surface area contributed by atoms with Gasteiger partial charge in [0, 0.05) is 0 Å².